The van der Waals surface area contributed by atoms with Gasteiger partial charge in [-0.05, 0) is 31.6 Å². The first kappa shape index (κ1) is 14.0. The smallest absolute Gasteiger partial charge is 0.156 e. The Labute approximate surface area is 110 Å². The van der Waals surface area contributed by atoms with Gasteiger partial charge in [0.1, 0.15) is 5.78 Å². The van der Waals surface area contributed by atoms with Crippen LogP contribution in [0.25, 0.3) is 0 Å². The van der Waals surface area contributed by atoms with Crippen molar-refractivity contribution in [1.82, 2.24) is 0 Å². The van der Waals surface area contributed by atoms with Crippen LogP contribution in [-0.2, 0) is 14.6 Å². The van der Waals surface area contributed by atoms with E-state index in [1.165, 1.54) is 0 Å². The van der Waals surface area contributed by atoms with Crippen molar-refractivity contribution in [3.05, 3.63) is 0 Å². The molecule has 2 unspecified atom stereocenters. The Kier molecular flexibility index (Phi) is 4.15. The van der Waals surface area contributed by atoms with E-state index in [1.807, 2.05) is 0 Å². The minimum Gasteiger partial charge on any atom is -0.299 e. The predicted molar refractivity (Wildman–Crippen MR) is 72.1 cm³/mol. The molecule has 0 aromatic heterocycles. The molecule has 0 amide bonds. The van der Waals surface area contributed by atoms with Crippen molar-refractivity contribution < 1.29 is 13.2 Å². The van der Waals surface area contributed by atoms with E-state index in [9.17, 15) is 13.2 Å². The Morgan fingerprint density at radius 3 is 2.06 bits per heavy atom. The molecule has 2 saturated heterocycles. The Balaban J connectivity index is 1.99. The first-order valence-corrected chi connectivity index (χ1v) is 8.85. The second-order valence-electron chi connectivity index (χ2n) is 5.93. The van der Waals surface area contributed by atoms with Crippen LogP contribution in [0.1, 0.15) is 58.8 Å². The van der Waals surface area contributed by atoms with Gasteiger partial charge in [0.15, 0.2) is 9.84 Å². The summed E-state index contributed by atoms with van der Waals surface area (Å²) in [6.45, 7) is 4.24. The van der Waals surface area contributed by atoms with Crippen LogP contribution >= 0.6 is 0 Å². The zero-order valence-electron chi connectivity index (χ0n) is 11.4. The van der Waals surface area contributed by atoms with Crippen LogP contribution in [0.4, 0.5) is 0 Å². The van der Waals surface area contributed by atoms with Crippen molar-refractivity contribution in [3.8, 4) is 0 Å². The molecule has 2 rings (SSSR count). The second kappa shape index (κ2) is 5.32. The summed E-state index contributed by atoms with van der Waals surface area (Å²) in [5.41, 5.74) is 0. The Morgan fingerprint density at radius 1 is 1.11 bits per heavy atom. The highest BCUT2D eigenvalue weighted by Crippen LogP contribution is 2.42. The zero-order valence-corrected chi connectivity index (χ0v) is 12.2. The van der Waals surface area contributed by atoms with Crippen molar-refractivity contribution in [1.29, 1.82) is 0 Å². The van der Waals surface area contributed by atoms with Gasteiger partial charge < -0.3 is 0 Å². The first-order valence-electron chi connectivity index (χ1n) is 7.24. The van der Waals surface area contributed by atoms with Gasteiger partial charge in [-0.2, -0.15) is 0 Å². The van der Waals surface area contributed by atoms with Gasteiger partial charge in [0.2, 0.25) is 0 Å². The van der Waals surface area contributed by atoms with Crippen LogP contribution in [0.2, 0.25) is 0 Å². The first-order chi connectivity index (χ1) is 8.48. The summed E-state index contributed by atoms with van der Waals surface area (Å²) in [6.07, 6.45) is 5.48. The van der Waals surface area contributed by atoms with E-state index >= 15 is 0 Å². The highest BCUT2D eigenvalue weighted by Gasteiger charge is 2.48. The molecule has 0 aliphatic carbocycles. The van der Waals surface area contributed by atoms with E-state index in [-0.39, 0.29) is 16.4 Å². The van der Waals surface area contributed by atoms with Crippen molar-refractivity contribution in [3.63, 3.8) is 0 Å². The number of Topliss-reactive ketones (excluding diaryl/α,β-unsaturated/α-hetero) is 1. The lowest BCUT2D eigenvalue weighted by molar-refractivity contribution is -0.124. The lowest BCUT2D eigenvalue weighted by Gasteiger charge is -2.27. The number of carbonyl (C=O) groups excluding carboxylic acids is 1. The number of rotatable bonds is 5. The van der Waals surface area contributed by atoms with E-state index in [1.54, 1.807) is 0 Å². The number of hydrogen-bond acceptors (Lipinski definition) is 3. The summed E-state index contributed by atoms with van der Waals surface area (Å²) < 4.78 is 23.9. The van der Waals surface area contributed by atoms with Gasteiger partial charge in [0, 0.05) is 12.3 Å². The normalized spacial score (nSPS) is 33.8. The van der Waals surface area contributed by atoms with Crippen molar-refractivity contribution >= 4 is 15.6 Å². The topological polar surface area (TPSA) is 51.2 Å². The third-order valence-electron chi connectivity index (χ3n) is 4.93. The molecule has 2 aliphatic rings. The van der Waals surface area contributed by atoms with Crippen molar-refractivity contribution in [2.45, 2.75) is 69.3 Å². The molecule has 4 heteroatoms. The molecule has 0 aromatic rings. The van der Waals surface area contributed by atoms with Gasteiger partial charge in [-0.25, -0.2) is 8.42 Å². The molecule has 0 radical (unpaired) electrons. The molecular formula is C14H24O3S. The summed E-state index contributed by atoms with van der Waals surface area (Å²) in [5.74, 6) is 0.816. The van der Waals surface area contributed by atoms with Crippen LogP contribution in [0.5, 0.6) is 0 Å². The standard InChI is InChI=1S/C14H24O3S/c1-3-10(4-2)7-14(15)11-8-12-5-6-13(9-11)18(12,16)17/h10-13H,3-9H2,1-2H3. The maximum absolute atomic E-state index is 12.3. The van der Waals surface area contributed by atoms with Gasteiger partial charge in [-0.3, -0.25) is 4.79 Å². The molecule has 3 nitrogen and oxygen atoms in total. The molecule has 0 N–H and O–H groups in total. The molecule has 18 heavy (non-hydrogen) atoms. The lowest BCUT2D eigenvalue weighted by Crippen LogP contribution is -2.36. The average molecular weight is 272 g/mol. The Hall–Kier alpha value is -0.380. The summed E-state index contributed by atoms with van der Waals surface area (Å²) in [4.78, 5) is 12.3. The van der Waals surface area contributed by atoms with Crippen LogP contribution < -0.4 is 0 Å². The monoisotopic (exact) mass is 272 g/mol. The number of hydrogen-bond donors (Lipinski definition) is 0. The fraction of sp³-hybridized carbons (Fsp3) is 0.929. The zero-order chi connectivity index (χ0) is 13.3. The van der Waals surface area contributed by atoms with Gasteiger partial charge in [0.25, 0.3) is 0 Å². The van der Waals surface area contributed by atoms with Gasteiger partial charge >= 0.3 is 0 Å². The van der Waals surface area contributed by atoms with Crippen LogP contribution in [0, 0.1) is 11.8 Å². The van der Waals surface area contributed by atoms with Crippen LogP contribution in [0.3, 0.4) is 0 Å². The van der Waals surface area contributed by atoms with E-state index < -0.39 is 9.84 Å². The fourth-order valence-corrected chi connectivity index (χ4v) is 5.97. The summed E-state index contributed by atoms with van der Waals surface area (Å²) in [7, 11) is -2.89. The highest BCUT2D eigenvalue weighted by atomic mass is 32.2. The molecule has 2 bridgehead atoms. The third-order valence-corrected chi connectivity index (χ3v) is 7.65. The van der Waals surface area contributed by atoms with E-state index in [2.05, 4.69) is 13.8 Å². The van der Waals surface area contributed by atoms with Gasteiger partial charge in [-0.15, -0.1) is 0 Å². The molecule has 2 aliphatic heterocycles. The largest absolute Gasteiger partial charge is 0.299 e. The van der Waals surface area contributed by atoms with Crippen LogP contribution in [-0.4, -0.2) is 24.7 Å². The number of fused-ring (bicyclic) bond motifs is 2. The summed E-state index contributed by atoms with van der Waals surface area (Å²) in [5, 5.41) is -0.432. The van der Waals surface area contributed by atoms with Crippen molar-refractivity contribution in [2.24, 2.45) is 11.8 Å². The summed E-state index contributed by atoms with van der Waals surface area (Å²) in [6, 6.07) is 0. The summed E-state index contributed by atoms with van der Waals surface area (Å²) >= 11 is 0. The number of carbonyl (C=O) groups is 1. The molecule has 0 saturated carbocycles. The second-order valence-corrected chi connectivity index (χ2v) is 8.44. The highest BCUT2D eigenvalue weighted by molar-refractivity contribution is 7.93. The molecule has 0 aromatic carbocycles. The third kappa shape index (κ3) is 2.49. The molecule has 2 atom stereocenters. The molecule has 2 heterocycles. The maximum atomic E-state index is 12.3. The molecular weight excluding hydrogens is 248 g/mol. The fourth-order valence-electron chi connectivity index (χ4n) is 3.50. The molecule has 2 fully saturated rings. The minimum atomic E-state index is -2.89. The van der Waals surface area contributed by atoms with Gasteiger partial charge in [0.05, 0.1) is 10.5 Å². The van der Waals surface area contributed by atoms with Crippen molar-refractivity contribution in [2.75, 3.05) is 0 Å². The Morgan fingerprint density at radius 2 is 1.61 bits per heavy atom. The molecule has 104 valence electrons. The maximum Gasteiger partial charge on any atom is 0.156 e. The van der Waals surface area contributed by atoms with E-state index in [0.29, 0.717) is 31.0 Å². The van der Waals surface area contributed by atoms with Gasteiger partial charge in [-0.1, -0.05) is 26.7 Å². The average Bonchev–Trinajstić information content (AvgIpc) is 2.57. The quantitative estimate of drug-likeness (QED) is 0.773. The van der Waals surface area contributed by atoms with E-state index in [4.69, 9.17) is 0 Å². The predicted octanol–water partition coefficient (Wildman–Crippen LogP) is 2.74. The Bertz CT molecular complexity index is 389. The van der Waals surface area contributed by atoms with Crippen LogP contribution in [0.15, 0.2) is 0 Å². The van der Waals surface area contributed by atoms with E-state index in [0.717, 1.165) is 25.7 Å². The lowest BCUT2D eigenvalue weighted by atomic mass is 9.87. The number of ketones is 1. The SMILES string of the molecule is CCC(CC)CC(=O)C1CC2CCC(C1)S2(=O)=O. The number of sulfone groups is 1. The molecule has 0 spiro atoms. The minimum absolute atomic E-state index is 0.0200.